The molecule has 0 radical (unpaired) electrons. The van der Waals surface area contributed by atoms with E-state index in [0.717, 1.165) is 17.7 Å². The number of nitriles is 1. The van der Waals surface area contributed by atoms with Gasteiger partial charge in [0.2, 0.25) is 0 Å². The topological polar surface area (TPSA) is 23.8 Å². The normalized spacial score (nSPS) is 11.1. The molecule has 1 nitrogen and oxygen atoms in total. The second-order valence-electron chi connectivity index (χ2n) is 4.07. The van der Waals surface area contributed by atoms with Crippen molar-refractivity contribution in [1.82, 2.24) is 0 Å². The van der Waals surface area contributed by atoms with E-state index in [2.05, 4.69) is 0 Å². The van der Waals surface area contributed by atoms with Gasteiger partial charge in [-0.1, -0.05) is 36.4 Å². The maximum Gasteiger partial charge on any atom is 0.416 e. The summed E-state index contributed by atoms with van der Waals surface area (Å²) in [6, 6.07) is 14.5. The van der Waals surface area contributed by atoms with Crippen LogP contribution in [0.5, 0.6) is 0 Å². The Hall–Kier alpha value is -2.28. The van der Waals surface area contributed by atoms with Gasteiger partial charge >= 0.3 is 6.18 Å². The van der Waals surface area contributed by atoms with Gasteiger partial charge in [0.05, 0.1) is 18.1 Å². The summed E-state index contributed by atoms with van der Waals surface area (Å²) in [7, 11) is 0. The van der Waals surface area contributed by atoms with Crippen molar-refractivity contribution in [2.45, 2.75) is 12.6 Å². The third-order valence-electron chi connectivity index (χ3n) is 2.79. The second kappa shape index (κ2) is 5.15. The van der Waals surface area contributed by atoms with Gasteiger partial charge in [-0.2, -0.15) is 18.4 Å². The zero-order valence-electron chi connectivity index (χ0n) is 9.91. The van der Waals surface area contributed by atoms with Gasteiger partial charge in [0.1, 0.15) is 0 Å². The van der Waals surface area contributed by atoms with Crippen LogP contribution < -0.4 is 0 Å². The van der Waals surface area contributed by atoms with E-state index in [9.17, 15) is 13.2 Å². The SMILES string of the molecule is N#CCc1cc(C(F)(F)F)ccc1-c1ccccc1. The molecular formula is C15H10F3N. The Kier molecular flexibility index (Phi) is 3.57. The van der Waals surface area contributed by atoms with Gasteiger partial charge < -0.3 is 0 Å². The number of benzene rings is 2. The maximum atomic E-state index is 12.7. The molecule has 2 aromatic carbocycles. The van der Waals surface area contributed by atoms with E-state index in [0.29, 0.717) is 11.1 Å². The van der Waals surface area contributed by atoms with Gasteiger partial charge in [0.25, 0.3) is 0 Å². The van der Waals surface area contributed by atoms with Crippen molar-refractivity contribution in [2.24, 2.45) is 0 Å². The van der Waals surface area contributed by atoms with Gasteiger partial charge in [-0.05, 0) is 28.8 Å². The van der Waals surface area contributed by atoms with Crippen molar-refractivity contribution in [1.29, 1.82) is 5.26 Å². The van der Waals surface area contributed by atoms with Crippen LogP contribution >= 0.6 is 0 Å². The van der Waals surface area contributed by atoms with Gasteiger partial charge in [-0.3, -0.25) is 0 Å². The van der Waals surface area contributed by atoms with Crippen LogP contribution in [0.25, 0.3) is 11.1 Å². The van der Waals surface area contributed by atoms with E-state index >= 15 is 0 Å². The third kappa shape index (κ3) is 2.94. The van der Waals surface area contributed by atoms with Crippen LogP contribution in [0.2, 0.25) is 0 Å². The smallest absolute Gasteiger partial charge is 0.198 e. The van der Waals surface area contributed by atoms with Crippen LogP contribution in [-0.4, -0.2) is 0 Å². The van der Waals surface area contributed by atoms with Crippen molar-refractivity contribution < 1.29 is 13.2 Å². The number of alkyl halides is 3. The Morgan fingerprint density at radius 3 is 2.26 bits per heavy atom. The maximum absolute atomic E-state index is 12.7. The molecule has 96 valence electrons. The van der Waals surface area contributed by atoms with Gasteiger partial charge in [0.15, 0.2) is 0 Å². The zero-order valence-corrected chi connectivity index (χ0v) is 9.91. The number of halogens is 3. The molecule has 0 saturated carbocycles. The fourth-order valence-electron chi connectivity index (χ4n) is 1.90. The molecule has 0 aliphatic carbocycles. The summed E-state index contributed by atoms with van der Waals surface area (Å²) in [5, 5.41) is 8.75. The molecule has 0 N–H and O–H groups in total. The molecule has 0 bridgehead atoms. The summed E-state index contributed by atoms with van der Waals surface area (Å²) < 4.78 is 38.0. The molecule has 0 aromatic heterocycles. The molecule has 0 atom stereocenters. The van der Waals surface area contributed by atoms with Crippen molar-refractivity contribution >= 4 is 0 Å². The van der Waals surface area contributed by atoms with Gasteiger partial charge in [-0.15, -0.1) is 0 Å². The highest BCUT2D eigenvalue weighted by molar-refractivity contribution is 5.68. The standard InChI is InChI=1S/C15H10F3N/c16-15(17,18)13-6-7-14(12(10-13)8-9-19)11-4-2-1-3-5-11/h1-7,10H,8H2. The lowest BCUT2D eigenvalue weighted by molar-refractivity contribution is -0.137. The molecular weight excluding hydrogens is 251 g/mol. The van der Waals surface area contributed by atoms with E-state index in [-0.39, 0.29) is 6.42 Å². The van der Waals surface area contributed by atoms with Crippen LogP contribution in [0.1, 0.15) is 11.1 Å². The van der Waals surface area contributed by atoms with E-state index in [1.54, 1.807) is 0 Å². The van der Waals surface area contributed by atoms with Crippen molar-refractivity contribution in [3.05, 3.63) is 59.7 Å². The minimum Gasteiger partial charge on any atom is -0.198 e. The number of hydrogen-bond acceptors (Lipinski definition) is 1. The third-order valence-corrected chi connectivity index (χ3v) is 2.79. The van der Waals surface area contributed by atoms with Crippen molar-refractivity contribution in [3.63, 3.8) is 0 Å². The summed E-state index contributed by atoms with van der Waals surface area (Å²) in [4.78, 5) is 0. The lowest BCUT2D eigenvalue weighted by Gasteiger charge is -2.12. The monoisotopic (exact) mass is 261 g/mol. The average molecular weight is 261 g/mol. The Morgan fingerprint density at radius 2 is 1.68 bits per heavy atom. The molecule has 19 heavy (non-hydrogen) atoms. The Labute approximate surface area is 108 Å². The summed E-state index contributed by atoms with van der Waals surface area (Å²) in [6.07, 6.45) is -4.44. The molecule has 0 heterocycles. The van der Waals surface area contributed by atoms with Crippen LogP contribution in [0.15, 0.2) is 48.5 Å². The van der Waals surface area contributed by atoms with Crippen LogP contribution in [0.4, 0.5) is 13.2 Å². The fourth-order valence-corrected chi connectivity index (χ4v) is 1.90. The van der Waals surface area contributed by atoms with E-state index < -0.39 is 11.7 Å². The first-order valence-electron chi connectivity index (χ1n) is 5.65. The molecule has 2 rings (SSSR count). The molecule has 0 spiro atoms. The minimum absolute atomic E-state index is 0.0475. The molecule has 0 saturated heterocycles. The minimum atomic E-state index is -4.39. The predicted molar refractivity (Wildman–Crippen MR) is 66.2 cm³/mol. The first kappa shape index (κ1) is 13.2. The Morgan fingerprint density at radius 1 is 1.00 bits per heavy atom. The molecule has 0 unspecified atom stereocenters. The quantitative estimate of drug-likeness (QED) is 0.784. The van der Waals surface area contributed by atoms with E-state index in [4.69, 9.17) is 5.26 Å². The zero-order chi connectivity index (χ0) is 13.9. The van der Waals surface area contributed by atoms with Crippen LogP contribution in [0.3, 0.4) is 0 Å². The van der Waals surface area contributed by atoms with E-state index in [1.807, 2.05) is 36.4 Å². The largest absolute Gasteiger partial charge is 0.416 e. The number of hydrogen-bond donors (Lipinski definition) is 0. The van der Waals surface area contributed by atoms with Gasteiger partial charge in [-0.25, -0.2) is 0 Å². The first-order valence-corrected chi connectivity index (χ1v) is 5.65. The molecule has 0 amide bonds. The Balaban J connectivity index is 2.54. The van der Waals surface area contributed by atoms with Gasteiger partial charge in [0, 0.05) is 0 Å². The lowest BCUT2D eigenvalue weighted by Crippen LogP contribution is -2.06. The second-order valence-corrected chi connectivity index (χ2v) is 4.07. The molecule has 0 fully saturated rings. The highest BCUT2D eigenvalue weighted by atomic mass is 19.4. The molecule has 0 aliphatic rings. The van der Waals surface area contributed by atoms with Crippen molar-refractivity contribution in [2.75, 3.05) is 0 Å². The van der Waals surface area contributed by atoms with Crippen LogP contribution in [0, 0.1) is 11.3 Å². The number of rotatable bonds is 2. The summed E-state index contributed by atoms with van der Waals surface area (Å²) in [5.41, 5.74) is 1.14. The highest BCUT2D eigenvalue weighted by Gasteiger charge is 2.30. The predicted octanol–water partition coefficient (Wildman–Crippen LogP) is 4.44. The molecule has 0 aliphatic heterocycles. The lowest BCUT2D eigenvalue weighted by atomic mass is 9.96. The number of nitrogens with zero attached hydrogens (tertiary/aromatic N) is 1. The summed E-state index contributed by atoms with van der Waals surface area (Å²) in [5.74, 6) is 0. The molecule has 4 heteroatoms. The Bertz CT molecular complexity index is 610. The first-order chi connectivity index (χ1) is 9.02. The van der Waals surface area contributed by atoms with Crippen LogP contribution in [-0.2, 0) is 12.6 Å². The van der Waals surface area contributed by atoms with Crippen molar-refractivity contribution in [3.8, 4) is 17.2 Å². The highest BCUT2D eigenvalue weighted by Crippen LogP contribution is 2.33. The summed E-state index contributed by atoms with van der Waals surface area (Å²) in [6.45, 7) is 0. The fraction of sp³-hybridized carbons (Fsp3) is 0.133. The average Bonchev–Trinajstić information content (AvgIpc) is 2.39. The van der Waals surface area contributed by atoms with E-state index in [1.165, 1.54) is 6.07 Å². The molecule has 2 aromatic rings. The summed E-state index contributed by atoms with van der Waals surface area (Å²) >= 11 is 0.